The van der Waals surface area contributed by atoms with Crippen molar-refractivity contribution in [2.24, 2.45) is 0 Å². The molecule has 0 bridgehead atoms. The van der Waals surface area contributed by atoms with Crippen LogP contribution in [0, 0.1) is 0 Å². The zero-order chi connectivity index (χ0) is 18.4. The third-order valence-electron chi connectivity index (χ3n) is 3.64. The molecule has 3 amide bonds. The number of hydrogen-bond acceptors (Lipinski definition) is 3. The summed E-state index contributed by atoms with van der Waals surface area (Å²) in [7, 11) is 4.70. The molecule has 7 heteroatoms. The molecule has 0 saturated carbocycles. The Labute approximate surface area is 151 Å². The first kappa shape index (κ1) is 18.6. The Bertz CT molecular complexity index is 780. The monoisotopic (exact) mass is 361 g/mol. The van der Waals surface area contributed by atoms with E-state index in [9.17, 15) is 9.59 Å². The van der Waals surface area contributed by atoms with Gasteiger partial charge in [-0.2, -0.15) is 0 Å². The van der Waals surface area contributed by atoms with Gasteiger partial charge in [0.1, 0.15) is 5.75 Å². The molecule has 0 atom stereocenters. The number of hydrogen-bond donors (Lipinski definition) is 2. The van der Waals surface area contributed by atoms with Crippen molar-refractivity contribution >= 4 is 29.2 Å². The number of nitrogens with one attached hydrogen (secondary N) is 2. The van der Waals surface area contributed by atoms with Crippen molar-refractivity contribution in [2.45, 2.75) is 6.54 Å². The second-order valence-corrected chi connectivity index (χ2v) is 5.78. The summed E-state index contributed by atoms with van der Waals surface area (Å²) < 4.78 is 5.25. The molecule has 0 aromatic heterocycles. The van der Waals surface area contributed by atoms with Crippen molar-refractivity contribution in [2.75, 3.05) is 26.5 Å². The van der Waals surface area contributed by atoms with Crippen LogP contribution >= 0.6 is 11.6 Å². The van der Waals surface area contributed by atoms with Gasteiger partial charge in [0.25, 0.3) is 5.91 Å². The minimum atomic E-state index is -0.340. The Morgan fingerprint density at radius 1 is 1.20 bits per heavy atom. The molecule has 0 fully saturated rings. The van der Waals surface area contributed by atoms with Gasteiger partial charge >= 0.3 is 6.03 Å². The van der Waals surface area contributed by atoms with Gasteiger partial charge in [-0.15, -0.1) is 0 Å². The number of amides is 3. The van der Waals surface area contributed by atoms with E-state index in [4.69, 9.17) is 16.3 Å². The molecule has 25 heavy (non-hydrogen) atoms. The Morgan fingerprint density at radius 3 is 2.56 bits per heavy atom. The normalized spacial score (nSPS) is 10.1. The smallest absolute Gasteiger partial charge is 0.321 e. The molecular weight excluding hydrogens is 342 g/mol. The van der Waals surface area contributed by atoms with Crippen LogP contribution in [0.3, 0.4) is 0 Å². The summed E-state index contributed by atoms with van der Waals surface area (Å²) in [6, 6.07) is 11.8. The largest absolute Gasteiger partial charge is 0.495 e. The van der Waals surface area contributed by atoms with Gasteiger partial charge < -0.3 is 20.3 Å². The molecule has 132 valence electrons. The number of carbonyl (C=O) groups excluding carboxylic acids is 2. The Balaban J connectivity index is 2.16. The van der Waals surface area contributed by atoms with Crippen molar-refractivity contribution < 1.29 is 14.3 Å². The van der Waals surface area contributed by atoms with Gasteiger partial charge in [0.2, 0.25) is 0 Å². The molecule has 0 aliphatic heterocycles. The number of benzene rings is 2. The maximum absolute atomic E-state index is 12.5. The molecular formula is C18H20ClN3O3. The molecule has 0 aliphatic carbocycles. The summed E-state index contributed by atoms with van der Waals surface area (Å²) in [4.78, 5) is 25.7. The van der Waals surface area contributed by atoms with Crippen molar-refractivity contribution in [3.63, 3.8) is 0 Å². The highest BCUT2D eigenvalue weighted by atomic mass is 35.5. The number of rotatable bonds is 5. The molecule has 0 spiro atoms. The molecule has 0 aliphatic rings. The number of ether oxygens (including phenoxy) is 1. The number of anilines is 1. The fourth-order valence-corrected chi connectivity index (χ4v) is 2.45. The van der Waals surface area contributed by atoms with E-state index in [-0.39, 0.29) is 11.9 Å². The average Bonchev–Trinajstić information content (AvgIpc) is 2.62. The van der Waals surface area contributed by atoms with E-state index < -0.39 is 0 Å². The quantitative estimate of drug-likeness (QED) is 0.857. The highest BCUT2D eigenvalue weighted by Gasteiger charge is 2.15. The topological polar surface area (TPSA) is 70.7 Å². The number of urea groups is 1. The molecule has 2 aromatic carbocycles. The van der Waals surface area contributed by atoms with Gasteiger partial charge in [-0.05, 0) is 29.8 Å². The summed E-state index contributed by atoms with van der Waals surface area (Å²) in [5.74, 6) is 0.217. The van der Waals surface area contributed by atoms with Crippen LogP contribution in [0.2, 0.25) is 5.02 Å². The van der Waals surface area contributed by atoms with Gasteiger partial charge in [-0.25, -0.2) is 4.79 Å². The van der Waals surface area contributed by atoms with Gasteiger partial charge in [0.05, 0.1) is 12.8 Å². The Kier molecular flexibility index (Phi) is 6.25. The molecule has 0 radical (unpaired) electrons. The lowest BCUT2D eigenvalue weighted by molar-refractivity contribution is 0.0963. The molecule has 2 aromatic rings. The van der Waals surface area contributed by atoms with E-state index >= 15 is 0 Å². The molecule has 2 N–H and O–H groups in total. The van der Waals surface area contributed by atoms with Gasteiger partial charge in [0.15, 0.2) is 0 Å². The highest BCUT2D eigenvalue weighted by Crippen LogP contribution is 2.26. The van der Waals surface area contributed by atoms with Gasteiger partial charge in [0, 0.05) is 31.2 Å². The third-order valence-corrected chi connectivity index (χ3v) is 4.01. The van der Waals surface area contributed by atoms with Crippen molar-refractivity contribution in [3.05, 3.63) is 58.6 Å². The first-order valence-corrected chi connectivity index (χ1v) is 7.99. The molecule has 0 saturated heterocycles. The summed E-state index contributed by atoms with van der Waals surface area (Å²) in [6.45, 7) is 0.350. The highest BCUT2D eigenvalue weighted by molar-refractivity contribution is 6.31. The van der Waals surface area contributed by atoms with E-state index in [1.807, 2.05) is 18.2 Å². The van der Waals surface area contributed by atoms with Crippen LogP contribution in [-0.2, 0) is 6.54 Å². The van der Waals surface area contributed by atoms with Crippen LogP contribution in [-0.4, -0.2) is 38.0 Å². The molecule has 0 heterocycles. The average molecular weight is 362 g/mol. The van der Waals surface area contributed by atoms with Gasteiger partial charge in [-0.1, -0.05) is 29.8 Å². The lowest BCUT2D eigenvalue weighted by Gasteiger charge is -2.20. The van der Waals surface area contributed by atoms with Crippen LogP contribution in [0.5, 0.6) is 5.75 Å². The maximum Gasteiger partial charge on any atom is 0.321 e. The lowest BCUT2D eigenvalue weighted by Crippen LogP contribution is -2.31. The van der Waals surface area contributed by atoms with E-state index in [2.05, 4.69) is 10.6 Å². The summed E-state index contributed by atoms with van der Waals surface area (Å²) in [6.07, 6.45) is 0. The second-order valence-electron chi connectivity index (χ2n) is 5.37. The number of nitrogens with zero attached hydrogens (tertiary/aromatic N) is 1. The minimum absolute atomic E-state index is 0.248. The summed E-state index contributed by atoms with van der Waals surface area (Å²) in [5, 5.41) is 5.90. The van der Waals surface area contributed by atoms with Crippen LogP contribution in [0.4, 0.5) is 10.5 Å². The van der Waals surface area contributed by atoms with Crippen LogP contribution in [0.15, 0.2) is 42.5 Å². The maximum atomic E-state index is 12.5. The zero-order valence-corrected chi connectivity index (χ0v) is 15.1. The number of halogens is 1. The van der Waals surface area contributed by atoms with Crippen molar-refractivity contribution in [1.29, 1.82) is 0 Å². The zero-order valence-electron chi connectivity index (χ0n) is 14.3. The van der Waals surface area contributed by atoms with E-state index in [0.29, 0.717) is 28.6 Å². The van der Waals surface area contributed by atoms with Crippen LogP contribution in [0.1, 0.15) is 15.9 Å². The van der Waals surface area contributed by atoms with Crippen molar-refractivity contribution in [1.82, 2.24) is 10.2 Å². The predicted octanol–water partition coefficient (Wildman–Crippen LogP) is 3.37. The Morgan fingerprint density at radius 2 is 1.92 bits per heavy atom. The fraction of sp³-hybridized carbons (Fsp3) is 0.222. The Hall–Kier alpha value is -2.73. The number of carbonyl (C=O) groups is 2. The fourth-order valence-electron chi connectivity index (χ4n) is 2.26. The first-order chi connectivity index (χ1) is 12.0. The van der Waals surface area contributed by atoms with E-state index in [1.165, 1.54) is 12.0 Å². The molecule has 2 rings (SSSR count). The molecule has 0 unspecified atom stereocenters. The van der Waals surface area contributed by atoms with Gasteiger partial charge in [-0.3, -0.25) is 4.79 Å². The first-order valence-electron chi connectivity index (χ1n) is 7.62. The SMILES string of the molecule is CNC(=O)c1ccc(OC)c(NC(=O)N(C)Cc2ccccc2Cl)c1. The molecule has 6 nitrogen and oxygen atoms in total. The standard InChI is InChI=1S/C18H20ClN3O3/c1-20-17(23)12-8-9-16(25-3)15(10-12)21-18(24)22(2)11-13-6-4-5-7-14(13)19/h4-10H,11H2,1-3H3,(H,20,23)(H,21,24). The predicted molar refractivity (Wildman–Crippen MR) is 98.3 cm³/mol. The third kappa shape index (κ3) is 4.64. The van der Waals surface area contributed by atoms with Crippen LogP contribution < -0.4 is 15.4 Å². The van der Waals surface area contributed by atoms with Crippen molar-refractivity contribution in [3.8, 4) is 5.75 Å². The summed E-state index contributed by atoms with van der Waals surface area (Å²) in [5.41, 5.74) is 1.68. The lowest BCUT2D eigenvalue weighted by atomic mass is 10.1. The van der Waals surface area contributed by atoms with E-state index in [0.717, 1.165) is 5.56 Å². The second kappa shape index (κ2) is 8.39. The van der Waals surface area contributed by atoms with Crippen LogP contribution in [0.25, 0.3) is 0 Å². The summed E-state index contributed by atoms with van der Waals surface area (Å²) >= 11 is 6.13. The van der Waals surface area contributed by atoms with E-state index in [1.54, 1.807) is 38.4 Å². The minimum Gasteiger partial charge on any atom is -0.495 e. The number of methoxy groups -OCH3 is 1.